The second-order valence-electron chi connectivity index (χ2n) is 5.44. The van der Waals surface area contributed by atoms with Gasteiger partial charge in [-0.2, -0.15) is 0 Å². The Morgan fingerprint density at radius 2 is 2.14 bits per heavy atom. The number of nitrogens with one attached hydrogen (secondary N) is 1. The minimum Gasteiger partial charge on any atom is -0.478 e. The lowest BCUT2D eigenvalue weighted by atomic mass is 10.1. The monoisotopic (exact) mass is 298 g/mol. The van der Waals surface area contributed by atoms with Crippen molar-refractivity contribution in [2.75, 3.05) is 29.9 Å². The fraction of sp³-hybridized carbons (Fsp3) is 0.412. The predicted octanol–water partition coefficient (Wildman–Crippen LogP) is 2.96. The first kappa shape index (κ1) is 14.6. The highest BCUT2D eigenvalue weighted by molar-refractivity contribution is 5.46. The summed E-state index contributed by atoms with van der Waals surface area (Å²) in [7, 11) is 0. The van der Waals surface area contributed by atoms with Gasteiger partial charge in [-0.15, -0.1) is 0 Å². The van der Waals surface area contributed by atoms with Crippen molar-refractivity contribution in [2.24, 2.45) is 0 Å². The molecular formula is C17H22N4O. The van der Waals surface area contributed by atoms with E-state index in [0.29, 0.717) is 18.5 Å². The highest BCUT2D eigenvalue weighted by Gasteiger charge is 2.21. The average Bonchev–Trinajstić information content (AvgIpc) is 2.57. The molecule has 0 radical (unpaired) electrons. The third-order valence-corrected chi connectivity index (χ3v) is 3.81. The number of benzene rings is 1. The number of anilines is 2. The summed E-state index contributed by atoms with van der Waals surface area (Å²) >= 11 is 0. The molecule has 0 aliphatic carbocycles. The molecule has 0 saturated carbocycles. The zero-order chi connectivity index (χ0) is 15.2. The molecule has 0 amide bonds. The van der Waals surface area contributed by atoms with Gasteiger partial charge in [-0.25, -0.2) is 9.97 Å². The standard InChI is InChI=1S/C17H22N4O/c1-2-22-17-11-16(18-13-19-17)21-10-6-9-15(12-21)20-14-7-4-3-5-8-14/h3-5,7-8,11,13,15,20H,2,6,9-10,12H2,1H3. The molecule has 5 nitrogen and oxygen atoms in total. The van der Waals surface area contributed by atoms with Crippen LogP contribution in [0.1, 0.15) is 19.8 Å². The summed E-state index contributed by atoms with van der Waals surface area (Å²) in [6.07, 6.45) is 3.90. The van der Waals surface area contributed by atoms with E-state index in [4.69, 9.17) is 4.74 Å². The molecule has 1 N–H and O–H groups in total. The molecule has 1 aliphatic heterocycles. The molecule has 1 atom stereocenters. The molecule has 0 spiro atoms. The van der Waals surface area contributed by atoms with Crippen molar-refractivity contribution in [1.29, 1.82) is 0 Å². The summed E-state index contributed by atoms with van der Waals surface area (Å²) in [6, 6.07) is 12.7. The fourth-order valence-corrected chi connectivity index (χ4v) is 2.80. The largest absolute Gasteiger partial charge is 0.478 e. The van der Waals surface area contributed by atoms with E-state index in [1.807, 2.05) is 19.1 Å². The number of hydrogen-bond donors (Lipinski definition) is 1. The Hall–Kier alpha value is -2.30. The molecule has 2 aromatic rings. The summed E-state index contributed by atoms with van der Waals surface area (Å²) in [5.41, 5.74) is 1.17. The SMILES string of the molecule is CCOc1cc(N2CCCC(Nc3ccccc3)C2)ncn1. The van der Waals surface area contributed by atoms with Gasteiger partial charge < -0.3 is 15.0 Å². The van der Waals surface area contributed by atoms with Gasteiger partial charge in [-0.05, 0) is 31.9 Å². The summed E-state index contributed by atoms with van der Waals surface area (Å²) in [5.74, 6) is 1.59. The number of aromatic nitrogens is 2. The van der Waals surface area contributed by atoms with E-state index in [9.17, 15) is 0 Å². The van der Waals surface area contributed by atoms with E-state index in [2.05, 4.69) is 44.5 Å². The number of ether oxygens (including phenoxy) is 1. The highest BCUT2D eigenvalue weighted by atomic mass is 16.5. The molecular weight excluding hydrogens is 276 g/mol. The van der Waals surface area contributed by atoms with Gasteiger partial charge in [0.2, 0.25) is 5.88 Å². The second-order valence-corrected chi connectivity index (χ2v) is 5.44. The van der Waals surface area contributed by atoms with Crippen LogP contribution in [0.15, 0.2) is 42.7 Å². The maximum Gasteiger partial charge on any atom is 0.218 e. The molecule has 5 heteroatoms. The lowest BCUT2D eigenvalue weighted by Crippen LogP contribution is -2.42. The Morgan fingerprint density at radius 1 is 1.27 bits per heavy atom. The molecule has 1 saturated heterocycles. The predicted molar refractivity (Wildman–Crippen MR) is 88.5 cm³/mol. The lowest BCUT2D eigenvalue weighted by Gasteiger charge is -2.34. The van der Waals surface area contributed by atoms with Crippen LogP contribution in [0.5, 0.6) is 5.88 Å². The molecule has 116 valence electrons. The van der Waals surface area contributed by atoms with Crippen LogP contribution in [-0.4, -0.2) is 35.7 Å². The van der Waals surface area contributed by atoms with Crippen LogP contribution in [0.25, 0.3) is 0 Å². The lowest BCUT2D eigenvalue weighted by molar-refractivity contribution is 0.326. The van der Waals surface area contributed by atoms with Crippen LogP contribution in [-0.2, 0) is 0 Å². The topological polar surface area (TPSA) is 50.3 Å². The fourth-order valence-electron chi connectivity index (χ4n) is 2.80. The number of nitrogens with zero attached hydrogens (tertiary/aromatic N) is 3. The van der Waals surface area contributed by atoms with Gasteiger partial charge in [0.05, 0.1) is 6.61 Å². The molecule has 1 fully saturated rings. The number of para-hydroxylation sites is 1. The normalized spacial score (nSPS) is 18.0. The van der Waals surface area contributed by atoms with E-state index in [1.165, 1.54) is 12.1 Å². The van der Waals surface area contributed by atoms with E-state index in [-0.39, 0.29) is 0 Å². The molecule has 1 aliphatic rings. The molecule has 22 heavy (non-hydrogen) atoms. The average molecular weight is 298 g/mol. The third-order valence-electron chi connectivity index (χ3n) is 3.81. The molecule has 1 unspecified atom stereocenters. The molecule has 1 aromatic heterocycles. The number of piperidine rings is 1. The van der Waals surface area contributed by atoms with Gasteiger partial charge in [0.25, 0.3) is 0 Å². The maximum atomic E-state index is 5.47. The summed E-state index contributed by atoms with van der Waals surface area (Å²) in [5, 5.41) is 3.60. The van der Waals surface area contributed by atoms with Gasteiger partial charge in [0, 0.05) is 30.9 Å². The van der Waals surface area contributed by atoms with E-state index < -0.39 is 0 Å². The smallest absolute Gasteiger partial charge is 0.218 e. The molecule has 2 heterocycles. The number of hydrogen-bond acceptors (Lipinski definition) is 5. The number of rotatable bonds is 5. The minimum atomic E-state index is 0.432. The van der Waals surface area contributed by atoms with Crippen molar-refractivity contribution < 1.29 is 4.74 Å². The van der Waals surface area contributed by atoms with E-state index in [1.54, 1.807) is 6.33 Å². The summed E-state index contributed by atoms with van der Waals surface area (Å²) in [6.45, 7) is 4.55. The minimum absolute atomic E-state index is 0.432. The molecule has 3 rings (SSSR count). The Morgan fingerprint density at radius 3 is 2.95 bits per heavy atom. The highest BCUT2D eigenvalue weighted by Crippen LogP contribution is 2.22. The van der Waals surface area contributed by atoms with Gasteiger partial charge in [-0.1, -0.05) is 18.2 Å². The first-order chi connectivity index (χ1) is 10.8. The molecule has 0 bridgehead atoms. The Balaban J connectivity index is 1.66. The zero-order valence-corrected chi connectivity index (χ0v) is 12.9. The van der Waals surface area contributed by atoms with Crippen molar-refractivity contribution in [1.82, 2.24) is 9.97 Å². The Labute approximate surface area is 131 Å². The van der Waals surface area contributed by atoms with Crippen molar-refractivity contribution >= 4 is 11.5 Å². The summed E-state index contributed by atoms with van der Waals surface area (Å²) < 4.78 is 5.47. The first-order valence-corrected chi connectivity index (χ1v) is 7.86. The van der Waals surface area contributed by atoms with Crippen LogP contribution in [0.2, 0.25) is 0 Å². The molecule has 1 aromatic carbocycles. The van der Waals surface area contributed by atoms with E-state index in [0.717, 1.165) is 25.3 Å². The van der Waals surface area contributed by atoms with Gasteiger partial charge in [0.15, 0.2) is 0 Å². The first-order valence-electron chi connectivity index (χ1n) is 7.86. The van der Waals surface area contributed by atoms with Crippen LogP contribution in [0, 0.1) is 0 Å². The maximum absolute atomic E-state index is 5.47. The van der Waals surface area contributed by atoms with Gasteiger partial charge in [-0.3, -0.25) is 0 Å². The van der Waals surface area contributed by atoms with Gasteiger partial charge in [0.1, 0.15) is 12.1 Å². The van der Waals surface area contributed by atoms with E-state index >= 15 is 0 Å². The van der Waals surface area contributed by atoms with Crippen molar-refractivity contribution in [3.63, 3.8) is 0 Å². The van der Waals surface area contributed by atoms with Crippen LogP contribution in [0.3, 0.4) is 0 Å². The Kier molecular flexibility index (Phi) is 4.73. The Bertz CT molecular complexity index is 590. The van der Waals surface area contributed by atoms with Crippen molar-refractivity contribution in [3.05, 3.63) is 42.7 Å². The zero-order valence-electron chi connectivity index (χ0n) is 12.9. The second kappa shape index (κ2) is 7.11. The van der Waals surface area contributed by atoms with Crippen molar-refractivity contribution in [2.45, 2.75) is 25.8 Å². The van der Waals surface area contributed by atoms with Gasteiger partial charge >= 0.3 is 0 Å². The third kappa shape index (κ3) is 3.67. The summed E-state index contributed by atoms with van der Waals surface area (Å²) in [4.78, 5) is 10.8. The van der Waals surface area contributed by atoms with Crippen LogP contribution >= 0.6 is 0 Å². The quantitative estimate of drug-likeness (QED) is 0.919. The van der Waals surface area contributed by atoms with Crippen LogP contribution in [0.4, 0.5) is 11.5 Å². The van der Waals surface area contributed by atoms with Crippen LogP contribution < -0.4 is 15.0 Å². The van der Waals surface area contributed by atoms with Crippen molar-refractivity contribution in [3.8, 4) is 5.88 Å².